The molecule has 0 saturated heterocycles. The molecule has 2 aromatic rings. The van der Waals surface area contributed by atoms with Gasteiger partial charge in [0.2, 0.25) is 0 Å². The minimum Gasteiger partial charge on any atom is -0.334 e. The first-order valence-electron chi connectivity index (χ1n) is 5.72. The third kappa shape index (κ3) is 1.95. The van der Waals surface area contributed by atoms with Gasteiger partial charge in [0.05, 0.1) is 0 Å². The lowest BCUT2D eigenvalue weighted by atomic mass is 10.3. The lowest BCUT2D eigenvalue weighted by Crippen LogP contribution is -2.18. The molecule has 0 aromatic carbocycles. The molecule has 5 heteroatoms. The van der Waals surface area contributed by atoms with Crippen LogP contribution in [0.25, 0.3) is 0 Å². The van der Waals surface area contributed by atoms with Crippen molar-refractivity contribution in [2.75, 3.05) is 5.32 Å². The first-order chi connectivity index (χ1) is 8.24. The standard InChI is InChI=1S/C12H14N4O/c1-16-6-2-3-9(12(16)17)13-11-7-10(14-15-11)8-4-5-8/h2-3,6-8H,4-5H2,1H3,(H2,13,14,15). The molecule has 0 amide bonds. The maximum atomic E-state index is 11.8. The maximum absolute atomic E-state index is 11.8. The van der Waals surface area contributed by atoms with Gasteiger partial charge in [-0.1, -0.05) is 0 Å². The minimum absolute atomic E-state index is 0.0523. The van der Waals surface area contributed by atoms with Gasteiger partial charge in [-0.25, -0.2) is 0 Å². The SMILES string of the molecule is Cn1cccc(Nc2cc(C3CC3)[nH]n2)c1=O. The Morgan fingerprint density at radius 3 is 3.12 bits per heavy atom. The summed E-state index contributed by atoms with van der Waals surface area (Å²) in [7, 11) is 1.73. The van der Waals surface area contributed by atoms with E-state index in [0.29, 0.717) is 17.4 Å². The summed E-state index contributed by atoms with van der Waals surface area (Å²) in [4.78, 5) is 11.8. The maximum Gasteiger partial charge on any atom is 0.274 e. The highest BCUT2D eigenvalue weighted by Crippen LogP contribution is 2.39. The van der Waals surface area contributed by atoms with Gasteiger partial charge >= 0.3 is 0 Å². The summed E-state index contributed by atoms with van der Waals surface area (Å²) in [6.45, 7) is 0. The van der Waals surface area contributed by atoms with E-state index < -0.39 is 0 Å². The van der Waals surface area contributed by atoms with Crippen LogP contribution < -0.4 is 10.9 Å². The normalized spacial score (nSPS) is 14.9. The van der Waals surface area contributed by atoms with E-state index in [2.05, 4.69) is 15.5 Å². The van der Waals surface area contributed by atoms with Crippen molar-refractivity contribution in [1.82, 2.24) is 14.8 Å². The predicted molar refractivity (Wildman–Crippen MR) is 65.5 cm³/mol. The van der Waals surface area contributed by atoms with Gasteiger partial charge in [-0.3, -0.25) is 9.89 Å². The van der Waals surface area contributed by atoms with Crippen molar-refractivity contribution < 1.29 is 0 Å². The summed E-state index contributed by atoms with van der Waals surface area (Å²) in [5.74, 6) is 1.34. The molecule has 0 atom stereocenters. The van der Waals surface area contributed by atoms with Crippen molar-refractivity contribution in [3.05, 3.63) is 40.4 Å². The smallest absolute Gasteiger partial charge is 0.274 e. The molecule has 17 heavy (non-hydrogen) atoms. The minimum atomic E-state index is -0.0523. The molecule has 88 valence electrons. The van der Waals surface area contributed by atoms with E-state index >= 15 is 0 Å². The van der Waals surface area contributed by atoms with Crippen LogP contribution in [0.1, 0.15) is 24.5 Å². The van der Waals surface area contributed by atoms with E-state index in [0.717, 1.165) is 5.69 Å². The molecular formula is C12H14N4O. The number of rotatable bonds is 3. The van der Waals surface area contributed by atoms with E-state index in [1.807, 2.05) is 12.1 Å². The number of nitrogens with zero attached hydrogens (tertiary/aromatic N) is 2. The first kappa shape index (κ1) is 10.1. The van der Waals surface area contributed by atoms with Crippen LogP contribution >= 0.6 is 0 Å². The van der Waals surface area contributed by atoms with Crippen LogP contribution in [0.5, 0.6) is 0 Å². The van der Waals surface area contributed by atoms with Gasteiger partial charge < -0.3 is 9.88 Å². The Hall–Kier alpha value is -2.04. The fourth-order valence-corrected chi connectivity index (χ4v) is 1.83. The van der Waals surface area contributed by atoms with Crippen LogP contribution in [-0.2, 0) is 7.05 Å². The molecule has 2 aromatic heterocycles. The molecule has 0 aliphatic heterocycles. The average molecular weight is 230 g/mol. The molecule has 0 bridgehead atoms. The Kier molecular flexibility index (Phi) is 2.24. The molecule has 1 aliphatic rings. The molecule has 2 N–H and O–H groups in total. The summed E-state index contributed by atoms with van der Waals surface area (Å²) >= 11 is 0. The van der Waals surface area contributed by atoms with Gasteiger partial charge in [0.25, 0.3) is 5.56 Å². The van der Waals surface area contributed by atoms with Crippen LogP contribution in [0.3, 0.4) is 0 Å². The van der Waals surface area contributed by atoms with Gasteiger partial charge in [0.15, 0.2) is 5.82 Å². The number of H-pyrrole nitrogens is 1. The van der Waals surface area contributed by atoms with Crippen molar-refractivity contribution in [2.45, 2.75) is 18.8 Å². The molecule has 0 unspecified atom stereocenters. The van der Waals surface area contributed by atoms with Crippen LogP contribution in [0.15, 0.2) is 29.2 Å². The molecule has 0 spiro atoms. The Balaban J connectivity index is 1.85. The Labute approximate surface area is 98.5 Å². The second-order valence-corrected chi connectivity index (χ2v) is 4.45. The second-order valence-electron chi connectivity index (χ2n) is 4.45. The molecule has 0 radical (unpaired) electrons. The number of hydrogen-bond donors (Lipinski definition) is 2. The van der Waals surface area contributed by atoms with Crippen molar-refractivity contribution in [3.8, 4) is 0 Å². The fourth-order valence-electron chi connectivity index (χ4n) is 1.83. The van der Waals surface area contributed by atoms with Gasteiger partial charge in [-0.05, 0) is 25.0 Å². The number of pyridine rings is 1. The largest absolute Gasteiger partial charge is 0.334 e. The zero-order valence-corrected chi connectivity index (χ0v) is 9.60. The van der Waals surface area contributed by atoms with Crippen molar-refractivity contribution in [2.24, 2.45) is 7.05 Å². The third-order valence-electron chi connectivity index (χ3n) is 3.00. The van der Waals surface area contributed by atoms with E-state index in [1.54, 1.807) is 19.3 Å². The highest BCUT2D eigenvalue weighted by molar-refractivity contribution is 5.55. The van der Waals surface area contributed by atoms with Crippen LogP contribution in [0, 0.1) is 0 Å². The molecule has 3 rings (SSSR count). The summed E-state index contributed by atoms with van der Waals surface area (Å²) < 4.78 is 1.54. The first-order valence-corrected chi connectivity index (χ1v) is 5.72. The molecule has 1 saturated carbocycles. The van der Waals surface area contributed by atoms with Crippen LogP contribution in [-0.4, -0.2) is 14.8 Å². The van der Waals surface area contributed by atoms with E-state index in [-0.39, 0.29) is 5.56 Å². The lowest BCUT2D eigenvalue weighted by Gasteiger charge is -2.03. The third-order valence-corrected chi connectivity index (χ3v) is 3.00. The number of anilines is 2. The zero-order chi connectivity index (χ0) is 11.8. The van der Waals surface area contributed by atoms with Crippen molar-refractivity contribution in [1.29, 1.82) is 0 Å². The van der Waals surface area contributed by atoms with E-state index in [4.69, 9.17) is 0 Å². The Bertz CT molecular complexity index is 595. The summed E-state index contributed by atoms with van der Waals surface area (Å²) in [5.41, 5.74) is 1.65. The number of aromatic nitrogens is 3. The lowest BCUT2D eigenvalue weighted by molar-refractivity contribution is 0.862. The highest BCUT2D eigenvalue weighted by atomic mass is 16.1. The average Bonchev–Trinajstić information content (AvgIpc) is 3.06. The van der Waals surface area contributed by atoms with Crippen LogP contribution in [0.4, 0.5) is 11.5 Å². The molecule has 1 aliphatic carbocycles. The van der Waals surface area contributed by atoms with Gasteiger partial charge in [-0.15, -0.1) is 0 Å². The van der Waals surface area contributed by atoms with Crippen molar-refractivity contribution >= 4 is 11.5 Å². The quantitative estimate of drug-likeness (QED) is 0.844. The topological polar surface area (TPSA) is 62.7 Å². The van der Waals surface area contributed by atoms with E-state index in [1.165, 1.54) is 17.4 Å². The molecule has 5 nitrogen and oxygen atoms in total. The Morgan fingerprint density at radius 2 is 2.35 bits per heavy atom. The summed E-state index contributed by atoms with van der Waals surface area (Å²) in [6, 6.07) is 5.57. The van der Waals surface area contributed by atoms with Crippen molar-refractivity contribution in [3.63, 3.8) is 0 Å². The van der Waals surface area contributed by atoms with Gasteiger partial charge in [-0.2, -0.15) is 5.10 Å². The summed E-state index contributed by atoms with van der Waals surface area (Å²) in [5, 5.41) is 10.2. The molecule has 1 fully saturated rings. The summed E-state index contributed by atoms with van der Waals surface area (Å²) in [6.07, 6.45) is 4.19. The van der Waals surface area contributed by atoms with E-state index in [9.17, 15) is 4.79 Å². The van der Waals surface area contributed by atoms with Crippen LogP contribution in [0.2, 0.25) is 0 Å². The molecular weight excluding hydrogens is 216 g/mol. The zero-order valence-electron chi connectivity index (χ0n) is 9.60. The number of aryl methyl sites for hydroxylation is 1. The number of aromatic amines is 1. The number of hydrogen-bond acceptors (Lipinski definition) is 3. The second kappa shape index (κ2) is 3.76. The molecule has 2 heterocycles. The predicted octanol–water partition coefficient (Wildman–Crippen LogP) is 1.73. The fraction of sp³-hybridized carbons (Fsp3) is 0.333. The number of nitrogens with one attached hydrogen (secondary N) is 2. The Morgan fingerprint density at radius 1 is 1.53 bits per heavy atom. The highest BCUT2D eigenvalue weighted by Gasteiger charge is 2.25. The van der Waals surface area contributed by atoms with Gasteiger partial charge in [0.1, 0.15) is 5.69 Å². The van der Waals surface area contributed by atoms with Gasteiger partial charge in [0, 0.05) is 30.9 Å². The monoisotopic (exact) mass is 230 g/mol.